The first kappa shape index (κ1) is 8.60. The monoisotopic (exact) mass is 179 g/mol. The first-order chi connectivity index (χ1) is 6.42. The second-order valence-electron chi connectivity index (χ2n) is 3.66. The zero-order valence-corrected chi connectivity index (χ0v) is 8.19. The molecule has 2 rings (SSSR count). The van der Waals surface area contributed by atoms with Crippen molar-refractivity contribution in [2.75, 3.05) is 11.9 Å². The lowest BCUT2D eigenvalue weighted by atomic mass is 10.1. The fourth-order valence-electron chi connectivity index (χ4n) is 1.91. The molecule has 1 aliphatic rings. The molecule has 0 spiro atoms. The van der Waals surface area contributed by atoms with Crippen molar-refractivity contribution in [3.8, 4) is 0 Å². The number of nitrogens with one attached hydrogen (secondary N) is 2. The van der Waals surface area contributed by atoms with Gasteiger partial charge in [-0.25, -0.2) is 0 Å². The summed E-state index contributed by atoms with van der Waals surface area (Å²) in [7, 11) is 0. The summed E-state index contributed by atoms with van der Waals surface area (Å²) in [5.41, 5.74) is 2.77. The van der Waals surface area contributed by atoms with E-state index < -0.39 is 0 Å². The number of anilines is 1. The summed E-state index contributed by atoms with van der Waals surface area (Å²) in [4.78, 5) is 0. The van der Waals surface area contributed by atoms with Gasteiger partial charge in [-0.3, -0.25) is 5.10 Å². The highest BCUT2D eigenvalue weighted by atomic mass is 15.2. The SMILES string of the molecule is CCCc1[nH]nc2c1CCCCN2. The van der Waals surface area contributed by atoms with Crippen LogP contribution in [0.2, 0.25) is 0 Å². The third-order valence-electron chi connectivity index (χ3n) is 2.60. The molecule has 0 unspecified atom stereocenters. The molecule has 1 aliphatic heterocycles. The summed E-state index contributed by atoms with van der Waals surface area (Å²) in [6, 6.07) is 0. The first-order valence-electron chi connectivity index (χ1n) is 5.21. The van der Waals surface area contributed by atoms with E-state index in [1.54, 1.807) is 0 Å². The third kappa shape index (κ3) is 1.69. The van der Waals surface area contributed by atoms with Crippen LogP contribution in [0.3, 0.4) is 0 Å². The Balaban J connectivity index is 2.23. The number of aromatic nitrogens is 2. The van der Waals surface area contributed by atoms with Crippen LogP contribution in [0.15, 0.2) is 0 Å². The quantitative estimate of drug-likeness (QED) is 0.730. The van der Waals surface area contributed by atoms with Gasteiger partial charge >= 0.3 is 0 Å². The van der Waals surface area contributed by atoms with E-state index in [-0.39, 0.29) is 0 Å². The number of rotatable bonds is 2. The average molecular weight is 179 g/mol. The largest absolute Gasteiger partial charge is 0.368 e. The Morgan fingerprint density at radius 2 is 2.31 bits per heavy atom. The molecule has 0 saturated heterocycles. The lowest BCUT2D eigenvalue weighted by Crippen LogP contribution is -1.99. The molecule has 0 radical (unpaired) electrons. The van der Waals surface area contributed by atoms with Crippen molar-refractivity contribution in [2.24, 2.45) is 0 Å². The van der Waals surface area contributed by atoms with E-state index in [4.69, 9.17) is 0 Å². The molecule has 1 aromatic heterocycles. The topological polar surface area (TPSA) is 40.7 Å². The fraction of sp³-hybridized carbons (Fsp3) is 0.700. The van der Waals surface area contributed by atoms with E-state index in [0.717, 1.165) is 18.8 Å². The molecule has 2 heterocycles. The van der Waals surface area contributed by atoms with Crippen molar-refractivity contribution >= 4 is 5.82 Å². The number of aromatic amines is 1. The molecular weight excluding hydrogens is 162 g/mol. The highest BCUT2D eigenvalue weighted by Gasteiger charge is 2.14. The van der Waals surface area contributed by atoms with Crippen LogP contribution in [-0.2, 0) is 12.8 Å². The predicted octanol–water partition coefficient (Wildman–Crippen LogP) is 2.11. The number of H-pyrrole nitrogens is 1. The van der Waals surface area contributed by atoms with E-state index in [1.807, 2.05) is 0 Å². The van der Waals surface area contributed by atoms with Gasteiger partial charge in [-0.1, -0.05) is 13.3 Å². The van der Waals surface area contributed by atoms with Crippen LogP contribution in [0.25, 0.3) is 0 Å². The van der Waals surface area contributed by atoms with Crippen molar-refractivity contribution in [3.05, 3.63) is 11.3 Å². The van der Waals surface area contributed by atoms with E-state index in [1.165, 1.54) is 36.9 Å². The Morgan fingerprint density at radius 1 is 1.38 bits per heavy atom. The lowest BCUT2D eigenvalue weighted by molar-refractivity contribution is 0.766. The number of fused-ring (bicyclic) bond motifs is 1. The fourth-order valence-corrected chi connectivity index (χ4v) is 1.91. The van der Waals surface area contributed by atoms with Gasteiger partial charge < -0.3 is 5.32 Å². The molecule has 0 bridgehead atoms. The molecule has 0 aromatic carbocycles. The van der Waals surface area contributed by atoms with Gasteiger partial charge in [0.2, 0.25) is 0 Å². The minimum atomic E-state index is 1.07. The minimum absolute atomic E-state index is 1.07. The lowest BCUT2D eigenvalue weighted by Gasteiger charge is -2.00. The Bertz CT molecular complexity index is 278. The Hall–Kier alpha value is -0.990. The van der Waals surface area contributed by atoms with Gasteiger partial charge in [0.15, 0.2) is 5.82 Å². The van der Waals surface area contributed by atoms with Crippen LogP contribution in [-0.4, -0.2) is 16.7 Å². The highest BCUT2D eigenvalue weighted by Crippen LogP contribution is 2.22. The molecule has 2 N–H and O–H groups in total. The number of aryl methyl sites for hydroxylation is 1. The Labute approximate surface area is 78.9 Å². The van der Waals surface area contributed by atoms with Crippen LogP contribution in [0.1, 0.15) is 37.4 Å². The molecule has 0 saturated carbocycles. The molecule has 3 heteroatoms. The Kier molecular flexibility index (Phi) is 2.52. The molecular formula is C10H17N3. The summed E-state index contributed by atoms with van der Waals surface area (Å²) in [6.45, 7) is 3.28. The predicted molar refractivity (Wildman–Crippen MR) is 54.0 cm³/mol. The zero-order valence-electron chi connectivity index (χ0n) is 8.19. The van der Waals surface area contributed by atoms with E-state index in [0.29, 0.717) is 0 Å². The normalized spacial score (nSPS) is 16.1. The summed E-state index contributed by atoms with van der Waals surface area (Å²) in [6.07, 6.45) is 6.06. The number of hydrogen-bond acceptors (Lipinski definition) is 2. The molecule has 0 amide bonds. The average Bonchev–Trinajstić information content (AvgIpc) is 2.38. The highest BCUT2D eigenvalue weighted by molar-refractivity contribution is 5.47. The molecule has 0 atom stereocenters. The summed E-state index contributed by atoms with van der Waals surface area (Å²) < 4.78 is 0. The van der Waals surface area contributed by atoms with Crippen LogP contribution in [0, 0.1) is 0 Å². The zero-order chi connectivity index (χ0) is 9.10. The third-order valence-corrected chi connectivity index (χ3v) is 2.60. The molecule has 0 aliphatic carbocycles. The van der Waals surface area contributed by atoms with Gasteiger partial charge in [-0.2, -0.15) is 5.10 Å². The molecule has 0 fully saturated rings. The number of hydrogen-bond donors (Lipinski definition) is 2. The molecule has 13 heavy (non-hydrogen) atoms. The van der Waals surface area contributed by atoms with Crippen molar-refractivity contribution in [3.63, 3.8) is 0 Å². The maximum Gasteiger partial charge on any atom is 0.151 e. The standard InChI is InChI=1S/C10H17N3/c1-2-5-9-8-6-3-4-7-11-10(8)13-12-9/h2-7H2,1H3,(H2,11,12,13). The Morgan fingerprint density at radius 3 is 3.15 bits per heavy atom. The van der Waals surface area contributed by atoms with Gasteiger partial charge in [0, 0.05) is 17.8 Å². The van der Waals surface area contributed by atoms with E-state index in [9.17, 15) is 0 Å². The maximum absolute atomic E-state index is 4.30. The molecule has 72 valence electrons. The van der Waals surface area contributed by atoms with Gasteiger partial charge in [0.25, 0.3) is 0 Å². The van der Waals surface area contributed by atoms with Crippen molar-refractivity contribution in [2.45, 2.75) is 39.0 Å². The van der Waals surface area contributed by atoms with Gasteiger partial charge in [0.05, 0.1) is 0 Å². The van der Waals surface area contributed by atoms with Crippen molar-refractivity contribution in [1.29, 1.82) is 0 Å². The molecule has 3 nitrogen and oxygen atoms in total. The second-order valence-corrected chi connectivity index (χ2v) is 3.66. The van der Waals surface area contributed by atoms with Crippen LogP contribution in [0.5, 0.6) is 0 Å². The molecule has 1 aromatic rings. The summed E-state index contributed by atoms with van der Waals surface area (Å²) >= 11 is 0. The second kappa shape index (κ2) is 3.81. The number of nitrogens with zero attached hydrogens (tertiary/aromatic N) is 1. The summed E-state index contributed by atoms with van der Waals surface area (Å²) in [5, 5.41) is 10.8. The smallest absolute Gasteiger partial charge is 0.151 e. The minimum Gasteiger partial charge on any atom is -0.368 e. The van der Waals surface area contributed by atoms with E-state index in [2.05, 4.69) is 22.4 Å². The summed E-state index contributed by atoms with van der Waals surface area (Å²) in [5.74, 6) is 1.10. The van der Waals surface area contributed by atoms with Crippen LogP contribution in [0.4, 0.5) is 5.82 Å². The first-order valence-corrected chi connectivity index (χ1v) is 5.21. The van der Waals surface area contributed by atoms with Crippen LogP contribution < -0.4 is 5.32 Å². The van der Waals surface area contributed by atoms with Gasteiger partial charge in [-0.15, -0.1) is 0 Å². The maximum atomic E-state index is 4.30. The van der Waals surface area contributed by atoms with Crippen LogP contribution >= 0.6 is 0 Å². The van der Waals surface area contributed by atoms with Crippen molar-refractivity contribution in [1.82, 2.24) is 10.2 Å². The van der Waals surface area contributed by atoms with Gasteiger partial charge in [-0.05, 0) is 25.7 Å². The van der Waals surface area contributed by atoms with E-state index >= 15 is 0 Å². The van der Waals surface area contributed by atoms with Gasteiger partial charge in [0.1, 0.15) is 0 Å². The van der Waals surface area contributed by atoms with Crippen molar-refractivity contribution < 1.29 is 0 Å².